The fraction of sp³-hybridized carbons (Fsp3) is 0.533. The lowest BCUT2D eigenvalue weighted by molar-refractivity contribution is 0.0846. The van der Waals surface area contributed by atoms with Crippen molar-refractivity contribution in [2.45, 2.75) is 32.7 Å². The van der Waals surface area contributed by atoms with Crippen LogP contribution in [0.3, 0.4) is 0 Å². The van der Waals surface area contributed by atoms with E-state index in [0.29, 0.717) is 17.1 Å². The molecule has 1 atom stereocenters. The normalized spacial score (nSPS) is 14.0. The molecule has 1 aromatic rings. The topological polar surface area (TPSA) is 38.8 Å². The highest BCUT2D eigenvalue weighted by molar-refractivity contribution is 6.00. The summed E-state index contributed by atoms with van der Waals surface area (Å²) in [5.41, 5.74) is 0.694. The minimum atomic E-state index is -0.0691. The summed E-state index contributed by atoms with van der Waals surface area (Å²) in [6, 6.07) is 5.34. The number of ether oxygens (including phenoxy) is 2. The fourth-order valence-corrected chi connectivity index (χ4v) is 2.45. The van der Waals surface area contributed by atoms with Crippen molar-refractivity contribution in [1.82, 2.24) is 4.90 Å². The van der Waals surface area contributed by atoms with E-state index >= 15 is 0 Å². The molecule has 1 unspecified atom stereocenters. The van der Waals surface area contributed by atoms with Crippen molar-refractivity contribution in [3.8, 4) is 11.5 Å². The van der Waals surface area contributed by atoms with Crippen molar-refractivity contribution in [2.24, 2.45) is 0 Å². The second-order valence-corrected chi connectivity index (χ2v) is 4.84. The Labute approximate surface area is 126 Å². The standard InChI is InChI=1S/C15H21NO3.ClH/c1-4-8-16(3)12(5-2)15(17)11-6-7-13-14(9-11)19-10-18-13;/h6-7,9,12H,4-5,8,10H2,1-3H3;1H. The maximum atomic E-state index is 12.6. The molecule has 4 nitrogen and oxygen atoms in total. The number of likely N-dealkylation sites (N-methyl/N-ethyl adjacent to an activating group) is 1. The predicted octanol–water partition coefficient (Wildman–Crippen LogP) is 3.14. The van der Waals surface area contributed by atoms with Crippen LogP contribution in [0.25, 0.3) is 0 Å². The quantitative estimate of drug-likeness (QED) is 0.757. The van der Waals surface area contributed by atoms with E-state index in [1.54, 1.807) is 6.07 Å². The van der Waals surface area contributed by atoms with Crippen LogP contribution in [0.4, 0.5) is 0 Å². The first kappa shape index (κ1) is 16.8. The Balaban J connectivity index is 0.00000200. The average molecular weight is 300 g/mol. The van der Waals surface area contributed by atoms with Gasteiger partial charge >= 0.3 is 0 Å². The van der Waals surface area contributed by atoms with Crippen LogP contribution in [-0.2, 0) is 0 Å². The zero-order valence-corrected chi connectivity index (χ0v) is 13.0. The number of nitrogens with zero attached hydrogens (tertiary/aromatic N) is 1. The Morgan fingerprint density at radius 3 is 2.65 bits per heavy atom. The molecule has 0 N–H and O–H groups in total. The van der Waals surface area contributed by atoms with Gasteiger partial charge in [-0.15, -0.1) is 12.4 Å². The van der Waals surface area contributed by atoms with Crippen molar-refractivity contribution < 1.29 is 14.3 Å². The number of carbonyl (C=O) groups is 1. The highest BCUT2D eigenvalue weighted by Crippen LogP contribution is 2.33. The van der Waals surface area contributed by atoms with Gasteiger partial charge in [-0.25, -0.2) is 0 Å². The van der Waals surface area contributed by atoms with E-state index in [1.807, 2.05) is 26.1 Å². The van der Waals surface area contributed by atoms with Crippen LogP contribution in [0.2, 0.25) is 0 Å². The molecule has 1 aromatic carbocycles. The van der Waals surface area contributed by atoms with E-state index in [9.17, 15) is 4.79 Å². The number of Topliss-reactive ketones (excluding diaryl/α,β-unsaturated/α-hetero) is 1. The molecular weight excluding hydrogens is 278 g/mol. The third-order valence-corrected chi connectivity index (χ3v) is 3.45. The number of hydrogen-bond donors (Lipinski definition) is 0. The molecule has 0 fully saturated rings. The third kappa shape index (κ3) is 3.44. The van der Waals surface area contributed by atoms with Crippen molar-refractivity contribution in [3.05, 3.63) is 23.8 Å². The lowest BCUT2D eigenvalue weighted by Gasteiger charge is -2.25. The van der Waals surface area contributed by atoms with Crippen LogP contribution in [0, 0.1) is 0 Å². The first-order valence-electron chi connectivity index (χ1n) is 6.81. The number of fused-ring (bicyclic) bond motifs is 1. The van der Waals surface area contributed by atoms with Gasteiger partial charge in [-0.1, -0.05) is 13.8 Å². The molecule has 20 heavy (non-hydrogen) atoms. The SMILES string of the molecule is CCCN(C)C(CC)C(=O)c1ccc2c(c1)OCO2.Cl. The van der Waals surface area contributed by atoms with Gasteiger partial charge in [0.15, 0.2) is 17.3 Å². The van der Waals surface area contributed by atoms with Crippen LogP contribution in [0.1, 0.15) is 37.0 Å². The summed E-state index contributed by atoms with van der Waals surface area (Å²) in [6.45, 7) is 5.32. The van der Waals surface area contributed by atoms with Gasteiger partial charge in [0.25, 0.3) is 0 Å². The Morgan fingerprint density at radius 2 is 2.00 bits per heavy atom. The Bertz CT molecular complexity index is 464. The van der Waals surface area contributed by atoms with Crippen molar-refractivity contribution >= 4 is 18.2 Å². The van der Waals surface area contributed by atoms with E-state index in [2.05, 4.69) is 11.8 Å². The monoisotopic (exact) mass is 299 g/mol. The van der Waals surface area contributed by atoms with Gasteiger partial charge in [0.2, 0.25) is 6.79 Å². The molecule has 0 aromatic heterocycles. The molecule has 0 saturated heterocycles. The Morgan fingerprint density at radius 1 is 1.30 bits per heavy atom. The Hall–Kier alpha value is -1.26. The minimum absolute atomic E-state index is 0. The maximum Gasteiger partial charge on any atom is 0.231 e. The molecule has 5 heteroatoms. The molecule has 1 aliphatic rings. The third-order valence-electron chi connectivity index (χ3n) is 3.45. The molecule has 2 rings (SSSR count). The summed E-state index contributed by atoms with van der Waals surface area (Å²) in [5, 5.41) is 0. The molecule has 0 spiro atoms. The first-order valence-corrected chi connectivity index (χ1v) is 6.81. The number of benzene rings is 1. The summed E-state index contributed by atoms with van der Waals surface area (Å²) in [4.78, 5) is 14.7. The van der Waals surface area contributed by atoms with Gasteiger partial charge in [0.05, 0.1) is 6.04 Å². The van der Waals surface area contributed by atoms with Crippen LogP contribution in [-0.4, -0.2) is 37.1 Å². The maximum absolute atomic E-state index is 12.6. The van der Waals surface area contributed by atoms with Crippen LogP contribution in [0.5, 0.6) is 11.5 Å². The van der Waals surface area contributed by atoms with E-state index in [0.717, 1.165) is 19.4 Å². The molecule has 0 radical (unpaired) electrons. The predicted molar refractivity (Wildman–Crippen MR) is 81.1 cm³/mol. The van der Waals surface area contributed by atoms with Gasteiger partial charge in [-0.05, 0) is 44.6 Å². The fourth-order valence-electron chi connectivity index (χ4n) is 2.45. The van der Waals surface area contributed by atoms with Crippen molar-refractivity contribution in [3.63, 3.8) is 0 Å². The van der Waals surface area contributed by atoms with Crippen LogP contribution < -0.4 is 9.47 Å². The molecule has 0 bridgehead atoms. The van der Waals surface area contributed by atoms with E-state index in [1.165, 1.54) is 0 Å². The van der Waals surface area contributed by atoms with Gasteiger partial charge in [0.1, 0.15) is 0 Å². The van der Waals surface area contributed by atoms with Crippen LogP contribution >= 0.6 is 12.4 Å². The number of hydrogen-bond acceptors (Lipinski definition) is 4. The summed E-state index contributed by atoms with van der Waals surface area (Å²) in [7, 11) is 2.00. The number of halogens is 1. The summed E-state index contributed by atoms with van der Waals surface area (Å²) < 4.78 is 10.6. The average Bonchev–Trinajstić information content (AvgIpc) is 2.86. The molecule has 1 aliphatic heterocycles. The lowest BCUT2D eigenvalue weighted by atomic mass is 10.0. The highest BCUT2D eigenvalue weighted by Gasteiger charge is 2.24. The van der Waals surface area contributed by atoms with Crippen LogP contribution in [0.15, 0.2) is 18.2 Å². The molecule has 112 valence electrons. The molecule has 0 amide bonds. The summed E-state index contributed by atoms with van der Waals surface area (Å²) >= 11 is 0. The number of ketones is 1. The Kier molecular flexibility index (Phi) is 6.30. The largest absolute Gasteiger partial charge is 0.454 e. The smallest absolute Gasteiger partial charge is 0.231 e. The zero-order chi connectivity index (χ0) is 13.8. The molecule has 0 aliphatic carbocycles. The van der Waals surface area contributed by atoms with Crippen molar-refractivity contribution in [2.75, 3.05) is 20.4 Å². The number of rotatable bonds is 6. The second-order valence-electron chi connectivity index (χ2n) is 4.84. The van der Waals surface area contributed by atoms with Gasteiger partial charge in [0, 0.05) is 5.56 Å². The van der Waals surface area contributed by atoms with E-state index in [-0.39, 0.29) is 31.0 Å². The lowest BCUT2D eigenvalue weighted by Crippen LogP contribution is -2.38. The van der Waals surface area contributed by atoms with E-state index in [4.69, 9.17) is 9.47 Å². The van der Waals surface area contributed by atoms with Gasteiger partial charge < -0.3 is 9.47 Å². The number of carbonyl (C=O) groups excluding carboxylic acids is 1. The minimum Gasteiger partial charge on any atom is -0.454 e. The zero-order valence-electron chi connectivity index (χ0n) is 12.2. The van der Waals surface area contributed by atoms with E-state index < -0.39 is 0 Å². The molecule has 0 saturated carbocycles. The second kappa shape index (κ2) is 7.50. The van der Waals surface area contributed by atoms with Gasteiger partial charge in [-0.2, -0.15) is 0 Å². The molecule has 1 heterocycles. The first-order chi connectivity index (χ1) is 9.17. The van der Waals surface area contributed by atoms with Gasteiger partial charge in [-0.3, -0.25) is 9.69 Å². The summed E-state index contributed by atoms with van der Waals surface area (Å²) in [5.74, 6) is 1.53. The summed E-state index contributed by atoms with van der Waals surface area (Å²) in [6.07, 6.45) is 1.85. The highest BCUT2D eigenvalue weighted by atomic mass is 35.5. The molecular formula is C15H22ClNO3. The van der Waals surface area contributed by atoms with Crippen molar-refractivity contribution in [1.29, 1.82) is 0 Å².